The lowest BCUT2D eigenvalue weighted by molar-refractivity contribution is 0.610. The van der Waals surface area contributed by atoms with E-state index in [1.807, 2.05) is 10.7 Å². The summed E-state index contributed by atoms with van der Waals surface area (Å²) in [4.78, 5) is 0. The molecule has 1 aromatic carbocycles. The van der Waals surface area contributed by atoms with E-state index in [0.29, 0.717) is 12.4 Å². The fraction of sp³-hybridized carbons (Fsp3) is 0.400. The van der Waals surface area contributed by atoms with Crippen molar-refractivity contribution < 1.29 is 4.39 Å². The van der Waals surface area contributed by atoms with Crippen molar-refractivity contribution in [3.05, 3.63) is 51.0 Å². The van der Waals surface area contributed by atoms with Crippen molar-refractivity contribution in [3.8, 4) is 0 Å². The molecule has 0 radical (unpaired) electrons. The molecule has 1 aromatic heterocycles. The van der Waals surface area contributed by atoms with Crippen LogP contribution >= 0.6 is 27.5 Å². The topological polar surface area (TPSA) is 17.8 Å². The largest absolute Gasteiger partial charge is 0.265 e. The van der Waals surface area contributed by atoms with Gasteiger partial charge in [-0.25, -0.2) is 4.39 Å². The summed E-state index contributed by atoms with van der Waals surface area (Å²) in [5.74, 6) is 0.229. The fourth-order valence-corrected chi connectivity index (χ4v) is 3.25. The summed E-state index contributed by atoms with van der Waals surface area (Å²) in [6.45, 7) is 4.72. The number of hydrogen-bond acceptors (Lipinski definition) is 1. The summed E-state index contributed by atoms with van der Waals surface area (Å²) < 4.78 is 16.1. The van der Waals surface area contributed by atoms with Gasteiger partial charge in [0.2, 0.25) is 0 Å². The quantitative estimate of drug-likeness (QED) is 0.708. The Hall–Kier alpha value is -0.870. The molecule has 2 nitrogen and oxygen atoms in total. The Bertz CT molecular complexity index is 590. The Morgan fingerprint density at radius 2 is 2.00 bits per heavy atom. The Labute approximate surface area is 132 Å². The summed E-state index contributed by atoms with van der Waals surface area (Å²) in [6, 6.07) is 4.91. The minimum Gasteiger partial charge on any atom is -0.265 e. The Balaban J connectivity index is 2.40. The zero-order valence-electron chi connectivity index (χ0n) is 11.6. The number of rotatable bonds is 5. The van der Waals surface area contributed by atoms with Crippen LogP contribution < -0.4 is 0 Å². The molecule has 0 saturated carbocycles. The van der Waals surface area contributed by atoms with Crippen molar-refractivity contribution in [1.82, 2.24) is 9.78 Å². The van der Waals surface area contributed by atoms with E-state index in [-0.39, 0.29) is 5.82 Å². The Morgan fingerprint density at radius 1 is 1.25 bits per heavy atom. The summed E-state index contributed by atoms with van der Waals surface area (Å²) >= 11 is 9.36. The number of nitrogens with zero attached hydrogens (tertiary/aromatic N) is 2. The first kappa shape index (κ1) is 15.5. The van der Waals surface area contributed by atoms with E-state index in [0.717, 1.165) is 39.8 Å². The van der Waals surface area contributed by atoms with Crippen molar-refractivity contribution in [2.24, 2.45) is 0 Å². The van der Waals surface area contributed by atoms with Gasteiger partial charge in [-0.2, -0.15) is 5.10 Å². The zero-order valence-corrected chi connectivity index (χ0v) is 13.9. The SMILES string of the molecule is CCc1nn(Cc2cc(F)cc(Br)c2)c(CC)c1CCl. The van der Waals surface area contributed by atoms with Gasteiger partial charge in [-0.15, -0.1) is 11.6 Å². The van der Waals surface area contributed by atoms with Crippen LogP contribution in [0.25, 0.3) is 0 Å². The first-order chi connectivity index (χ1) is 9.58. The van der Waals surface area contributed by atoms with E-state index in [1.165, 1.54) is 12.1 Å². The molecule has 0 aliphatic rings. The Morgan fingerprint density at radius 3 is 2.55 bits per heavy atom. The number of aryl methyl sites for hydroxylation is 1. The third-order valence-corrected chi connectivity index (χ3v) is 4.03. The van der Waals surface area contributed by atoms with Crippen LogP contribution in [0.4, 0.5) is 4.39 Å². The van der Waals surface area contributed by atoms with Crippen LogP contribution in [0.15, 0.2) is 22.7 Å². The monoisotopic (exact) mass is 358 g/mol. The maximum Gasteiger partial charge on any atom is 0.124 e. The van der Waals surface area contributed by atoms with Gasteiger partial charge in [0.05, 0.1) is 18.1 Å². The molecule has 2 rings (SSSR count). The summed E-state index contributed by atoms with van der Waals surface area (Å²) in [5.41, 5.74) is 4.18. The van der Waals surface area contributed by atoms with E-state index < -0.39 is 0 Å². The zero-order chi connectivity index (χ0) is 14.7. The van der Waals surface area contributed by atoms with Crippen molar-refractivity contribution in [2.45, 2.75) is 39.1 Å². The first-order valence-electron chi connectivity index (χ1n) is 6.67. The molecule has 1 heterocycles. The molecule has 0 N–H and O–H groups in total. The molecule has 0 amide bonds. The highest BCUT2D eigenvalue weighted by Crippen LogP contribution is 2.21. The fourth-order valence-electron chi connectivity index (χ4n) is 2.43. The average molecular weight is 360 g/mol. The van der Waals surface area contributed by atoms with Gasteiger partial charge >= 0.3 is 0 Å². The maximum absolute atomic E-state index is 13.4. The van der Waals surface area contributed by atoms with Crippen molar-refractivity contribution in [3.63, 3.8) is 0 Å². The van der Waals surface area contributed by atoms with Gasteiger partial charge in [-0.05, 0) is 36.6 Å². The lowest BCUT2D eigenvalue weighted by atomic mass is 10.1. The van der Waals surface area contributed by atoms with Crippen LogP contribution in [0.2, 0.25) is 0 Å². The van der Waals surface area contributed by atoms with Crippen LogP contribution in [-0.4, -0.2) is 9.78 Å². The molecule has 0 aliphatic heterocycles. The molecule has 0 saturated heterocycles. The molecule has 2 aromatic rings. The van der Waals surface area contributed by atoms with Gasteiger partial charge in [-0.1, -0.05) is 29.8 Å². The average Bonchev–Trinajstić information content (AvgIpc) is 2.74. The molecular weight excluding hydrogens is 343 g/mol. The molecule has 0 atom stereocenters. The molecular formula is C15H17BrClFN2. The molecule has 0 aliphatic carbocycles. The third-order valence-electron chi connectivity index (χ3n) is 3.31. The van der Waals surface area contributed by atoms with E-state index >= 15 is 0 Å². The number of alkyl halides is 1. The van der Waals surface area contributed by atoms with Gasteiger partial charge in [0.25, 0.3) is 0 Å². The smallest absolute Gasteiger partial charge is 0.124 e. The predicted octanol–water partition coefficient (Wildman–Crippen LogP) is 4.70. The second kappa shape index (κ2) is 6.72. The molecule has 5 heteroatoms. The van der Waals surface area contributed by atoms with Crippen LogP contribution in [-0.2, 0) is 25.3 Å². The van der Waals surface area contributed by atoms with Crippen molar-refractivity contribution in [2.75, 3.05) is 0 Å². The first-order valence-corrected chi connectivity index (χ1v) is 8.00. The molecule has 108 valence electrons. The lowest BCUT2D eigenvalue weighted by Gasteiger charge is -2.08. The molecule has 20 heavy (non-hydrogen) atoms. The number of benzene rings is 1. The van der Waals surface area contributed by atoms with Crippen LogP contribution in [0.5, 0.6) is 0 Å². The minimum absolute atomic E-state index is 0.243. The summed E-state index contributed by atoms with van der Waals surface area (Å²) in [5, 5.41) is 4.62. The van der Waals surface area contributed by atoms with E-state index in [9.17, 15) is 4.39 Å². The lowest BCUT2D eigenvalue weighted by Crippen LogP contribution is -2.07. The Kier molecular flexibility index (Phi) is 5.22. The van der Waals surface area contributed by atoms with Crippen molar-refractivity contribution in [1.29, 1.82) is 0 Å². The number of halogens is 3. The predicted molar refractivity (Wildman–Crippen MR) is 83.7 cm³/mol. The van der Waals surface area contributed by atoms with E-state index in [2.05, 4.69) is 34.9 Å². The standard InChI is InChI=1S/C15H17BrClFN2/c1-3-14-13(8-17)15(4-2)20(19-14)9-10-5-11(16)7-12(18)6-10/h5-7H,3-4,8-9H2,1-2H3. The normalized spacial score (nSPS) is 11.1. The molecule has 0 spiro atoms. The summed E-state index contributed by atoms with van der Waals surface area (Å²) in [6.07, 6.45) is 1.72. The van der Waals surface area contributed by atoms with Gasteiger partial charge in [0, 0.05) is 15.7 Å². The molecule has 0 unspecified atom stereocenters. The number of aromatic nitrogens is 2. The van der Waals surface area contributed by atoms with E-state index in [4.69, 9.17) is 11.6 Å². The van der Waals surface area contributed by atoms with Gasteiger partial charge in [-0.3, -0.25) is 4.68 Å². The highest BCUT2D eigenvalue weighted by Gasteiger charge is 2.15. The third kappa shape index (κ3) is 3.23. The minimum atomic E-state index is -0.243. The van der Waals surface area contributed by atoms with Crippen LogP contribution in [0.1, 0.15) is 36.4 Å². The van der Waals surface area contributed by atoms with Gasteiger partial charge in [0.1, 0.15) is 5.82 Å². The van der Waals surface area contributed by atoms with Gasteiger partial charge in [0.15, 0.2) is 0 Å². The molecule has 0 fully saturated rings. The highest BCUT2D eigenvalue weighted by molar-refractivity contribution is 9.10. The summed E-state index contributed by atoms with van der Waals surface area (Å²) in [7, 11) is 0. The van der Waals surface area contributed by atoms with E-state index in [1.54, 1.807) is 0 Å². The molecule has 0 bridgehead atoms. The number of hydrogen-bond donors (Lipinski definition) is 0. The van der Waals surface area contributed by atoms with Crippen molar-refractivity contribution >= 4 is 27.5 Å². The van der Waals surface area contributed by atoms with Crippen LogP contribution in [0.3, 0.4) is 0 Å². The maximum atomic E-state index is 13.4. The van der Waals surface area contributed by atoms with Crippen LogP contribution in [0, 0.1) is 5.82 Å². The van der Waals surface area contributed by atoms with Gasteiger partial charge < -0.3 is 0 Å². The second-order valence-electron chi connectivity index (χ2n) is 4.65. The highest BCUT2D eigenvalue weighted by atomic mass is 79.9. The second-order valence-corrected chi connectivity index (χ2v) is 5.83.